The Morgan fingerprint density at radius 1 is 1.00 bits per heavy atom. The Kier molecular flexibility index (Phi) is 27.5. The Bertz CT molecular complexity index is 81.0. The molecule has 0 aliphatic carbocycles. The van der Waals surface area contributed by atoms with E-state index in [4.69, 9.17) is 19.8 Å². The Morgan fingerprint density at radius 3 is 1.11 bits per heavy atom. The van der Waals surface area contributed by atoms with Crippen molar-refractivity contribution in [1.82, 2.24) is 0 Å². The molecule has 0 bridgehead atoms. The van der Waals surface area contributed by atoms with Crippen molar-refractivity contribution in [2.45, 2.75) is 0 Å². The first-order chi connectivity index (χ1) is 2.64. The van der Waals surface area contributed by atoms with Gasteiger partial charge in [0.1, 0.15) is 0 Å². The van der Waals surface area contributed by atoms with E-state index in [1.54, 1.807) is 0 Å². The summed E-state index contributed by atoms with van der Waals surface area (Å²) in [6.45, 7) is 0. The molecule has 7 heteroatoms. The van der Waals surface area contributed by atoms with Crippen molar-refractivity contribution >= 4 is 11.9 Å². The standard InChI is InChI=1S/C2H2O4.H2N.H2O.Zn/c3-1(4)2(5)6;;;/h(H,3,4)(H,5,6);2*1H2;/q;-1;;. The summed E-state index contributed by atoms with van der Waals surface area (Å²) in [6.07, 6.45) is 0. The van der Waals surface area contributed by atoms with Crippen LogP contribution in [0.25, 0.3) is 6.15 Å². The Morgan fingerprint density at radius 2 is 1.11 bits per heavy atom. The van der Waals surface area contributed by atoms with Gasteiger partial charge in [-0.2, -0.15) is 0 Å². The maximum absolute atomic E-state index is 9.10. The smallest absolute Gasteiger partial charge is 0.414 e. The van der Waals surface area contributed by atoms with Gasteiger partial charge in [-0.3, -0.25) is 0 Å². The average molecular weight is 189 g/mol. The predicted molar refractivity (Wildman–Crippen MR) is 24.2 cm³/mol. The molecule has 9 heavy (non-hydrogen) atoms. The normalized spacial score (nSPS) is 4.89. The van der Waals surface area contributed by atoms with Crippen LogP contribution in [0.3, 0.4) is 0 Å². The molecule has 52 valence electrons. The number of carbonyl (C=O) groups is 2. The Labute approximate surface area is 63.5 Å². The third-order valence-electron chi connectivity index (χ3n) is 0.183. The van der Waals surface area contributed by atoms with Crippen LogP contribution in [0, 0.1) is 0 Å². The average Bonchev–Trinajstić information content (AvgIpc) is 1.36. The number of hydrogen-bond donors (Lipinski definition) is 2. The zero-order valence-corrected chi connectivity index (χ0v) is 7.46. The number of carboxylic acid groups (broad SMARTS) is 2. The molecule has 0 atom stereocenters. The van der Waals surface area contributed by atoms with Crippen LogP contribution >= 0.6 is 0 Å². The van der Waals surface area contributed by atoms with Crippen molar-refractivity contribution in [1.29, 1.82) is 0 Å². The molecule has 0 amide bonds. The van der Waals surface area contributed by atoms with Gasteiger partial charge in [-0.15, -0.1) is 0 Å². The summed E-state index contributed by atoms with van der Waals surface area (Å²) in [6, 6.07) is 0. The summed E-state index contributed by atoms with van der Waals surface area (Å²) in [5.74, 6) is -3.65. The third-order valence-corrected chi connectivity index (χ3v) is 0.183. The zero-order chi connectivity index (χ0) is 5.15. The minimum atomic E-state index is -1.82. The first kappa shape index (κ1) is 23.6. The van der Waals surface area contributed by atoms with Gasteiger partial charge >= 0.3 is 11.9 Å². The molecule has 6 N–H and O–H groups in total. The van der Waals surface area contributed by atoms with Gasteiger partial charge in [0.25, 0.3) is 0 Å². The van der Waals surface area contributed by atoms with Crippen LogP contribution in [0.2, 0.25) is 0 Å². The molecule has 0 radical (unpaired) electrons. The number of nitrogens with two attached hydrogens (primary N) is 1. The van der Waals surface area contributed by atoms with Gasteiger partial charge in [-0.05, 0) is 0 Å². The molecular weight excluding hydrogens is 183 g/mol. The quantitative estimate of drug-likeness (QED) is 0.374. The maximum atomic E-state index is 9.10. The van der Waals surface area contributed by atoms with E-state index < -0.39 is 11.9 Å². The molecule has 0 aliphatic heterocycles. The van der Waals surface area contributed by atoms with Gasteiger partial charge in [0.05, 0.1) is 0 Å². The Balaban J connectivity index is -0.0000000417. The van der Waals surface area contributed by atoms with E-state index >= 15 is 0 Å². The summed E-state index contributed by atoms with van der Waals surface area (Å²) in [5, 5.41) is 14.8. The van der Waals surface area contributed by atoms with Crippen LogP contribution in [0.15, 0.2) is 0 Å². The molecule has 0 aromatic carbocycles. The second-order valence-corrected chi connectivity index (χ2v) is 0.610. The van der Waals surface area contributed by atoms with Gasteiger partial charge in [0, 0.05) is 19.5 Å². The second-order valence-electron chi connectivity index (χ2n) is 0.610. The van der Waals surface area contributed by atoms with Gasteiger partial charge in [0.2, 0.25) is 0 Å². The van der Waals surface area contributed by atoms with Crippen molar-refractivity contribution in [2.24, 2.45) is 0 Å². The molecule has 0 rings (SSSR count). The number of hydrogen-bond acceptors (Lipinski definition) is 2. The molecule has 0 aromatic heterocycles. The molecule has 0 aliphatic rings. The fourth-order valence-corrected chi connectivity index (χ4v) is 0. The molecule has 0 spiro atoms. The van der Waals surface area contributed by atoms with Crippen LogP contribution < -0.4 is 0 Å². The van der Waals surface area contributed by atoms with Crippen LogP contribution in [0.5, 0.6) is 0 Å². The molecular formula is C2H6NO5Zn-. The predicted octanol–water partition coefficient (Wildman–Crippen LogP) is -0.955. The minimum Gasteiger partial charge on any atom is -0.693 e. The monoisotopic (exact) mass is 188 g/mol. The molecule has 0 heterocycles. The van der Waals surface area contributed by atoms with E-state index in [0.29, 0.717) is 0 Å². The van der Waals surface area contributed by atoms with E-state index in [1.165, 1.54) is 0 Å². The summed E-state index contributed by atoms with van der Waals surface area (Å²) in [5.41, 5.74) is 0. The van der Waals surface area contributed by atoms with Crippen LogP contribution in [-0.2, 0) is 29.1 Å². The fourth-order valence-electron chi connectivity index (χ4n) is 0. The van der Waals surface area contributed by atoms with Crippen LogP contribution in [0.4, 0.5) is 0 Å². The van der Waals surface area contributed by atoms with Gasteiger partial charge in [-0.1, -0.05) is 0 Å². The summed E-state index contributed by atoms with van der Waals surface area (Å²) < 4.78 is 0. The van der Waals surface area contributed by atoms with E-state index in [1.807, 2.05) is 0 Å². The SMILES string of the molecule is O.O=C(O)C(=O)O.[NH2-].[Zn]. The second kappa shape index (κ2) is 10.5. The van der Waals surface area contributed by atoms with E-state index in [0.717, 1.165) is 0 Å². The molecule has 6 nitrogen and oxygen atoms in total. The van der Waals surface area contributed by atoms with Crippen LogP contribution in [0.1, 0.15) is 0 Å². The van der Waals surface area contributed by atoms with E-state index in [-0.39, 0.29) is 31.1 Å². The number of rotatable bonds is 0. The molecule has 0 unspecified atom stereocenters. The summed E-state index contributed by atoms with van der Waals surface area (Å²) in [4.78, 5) is 18.2. The first-order valence-corrected chi connectivity index (χ1v) is 1.11. The van der Waals surface area contributed by atoms with Crippen molar-refractivity contribution in [3.8, 4) is 0 Å². The van der Waals surface area contributed by atoms with Gasteiger partial charge < -0.3 is 21.8 Å². The van der Waals surface area contributed by atoms with Crippen molar-refractivity contribution < 1.29 is 44.8 Å². The van der Waals surface area contributed by atoms with Gasteiger partial charge in [0.15, 0.2) is 0 Å². The molecule has 0 saturated carbocycles. The van der Waals surface area contributed by atoms with Crippen molar-refractivity contribution in [3.63, 3.8) is 0 Å². The van der Waals surface area contributed by atoms with E-state index in [2.05, 4.69) is 0 Å². The van der Waals surface area contributed by atoms with Crippen LogP contribution in [-0.4, -0.2) is 27.6 Å². The first-order valence-electron chi connectivity index (χ1n) is 1.11. The minimum absolute atomic E-state index is 0. The van der Waals surface area contributed by atoms with Crippen molar-refractivity contribution in [3.05, 3.63) is 6.15 Å². The molecule has 0 saturated heterocycles. The third kappa shape index (κ3) is 18.5. The topological polar surface area (TPSA) is 140 Å². The summed E-state index contributed by atoms with van der Waals surface area (Å²) >= 11 is 0. The van der Waals surface area contributed by atoms with Gasteiger partial charge in [-0.25, -0.2) is 9.59 Å². The number of carboxylic acids is 2. The Hall–Kier alpha value is -0.517. The zero-order valence-electron chi connectivity index (χ0n) is 4.50. The maximum Gasteiger partial charge on any atom is 0.414 e. The largest absolute Gasteiger partial charge is 0.693 e. The van der Waals surface area contributed by atoms with Crippen molar-refractivity contribution in [2.75, 3.05) is 0 Å². The molecule has 0 aromatic rings. The van der Waals surface area contributed by atoms with E-state index in [9.17, 15) is 0 Å². The fraction of sp³-hybridized carbons (Fsp3) is 0. The summed E-state index contributed by atoms with van der Waals surface area (Å²) in [7, 11) is 0. The molecule has 0 fully saturated rings. The number of aliphatic carboxylic acids is 2.